The van der Waals surface area contributed by atoms with Gasteiger partial charge in [0.15, 0.2) is 0 Å². The minimum Gasteiger partial charge on any atom is -0.245 e. The number of thiazole rings is 2. The summed E-state index contributed by atoms with van der Waals surface area (Å²) < 4.78 is 0. The molecule has 2 rings (SSSR count). The lowest BCUT2D eigenvalue weighted by Crippen LogP contribution is -1.66. The standard InChI is InChI=1S/C10H10N2S2/c1-7-5-11-9(13-7)3-4-10-12-6-8(2)14-10/h3-6H,1-2H3/b4-3+. The molecule has 2 aromatic rings. The zero-order valence-electron chi connectivity index (χ0n) is 8.02. The smallest absolute Gasteiger partial charge is 0.116 e. The van der Waals surface area contributed by atoms with E-state index in [0.717, 1.165) is 10.0 Å². The molecule has 2 heterocycles. The summed E-state index contributed by atoms with van der Waals surface area (Å²) in [6, 6.07) is 0. The van der Waals surface area contributed by atoms with Crippen LogP contribution in [-0.2, 0) is 0 Å². The fourth-order valence-corrected chi connectivity index (χ4v) is 2.39. The number of hydrogen-bond donors (Lipinski definition) is 0. The SMILES string of the molecule is Cc1cnc(/C=C/c2ncc(C)s2)s1. The Balaban J connectivity index is 2.14. The highest BCUT2D eigenvalue weighted by molar-refractivity contribution is 7.13. The Kier molecular flexibility index (Phi) is 2.74. The van der Waals surface area contributed by atoms with Crippen molar-refractivity contribution in [1.29, 1.82) is 0 Å². The quantitative estimate of drug-likeness (QED) is 0.778. The Bertz CT molecular complexity index is 412. The van der Waals surface area contributed by atoms with Crippen LogP contribution in [0.25, 0.3) is 12.2 Å². The van der Waals surface area contributed by atoms with Crippen LogP contribution in [0.5, 0.6) is 0 Å². The normalized spacial score (nSPS) is 11.3. The van der Waals surface area contributed by atoms with Gasteiger partial charge < -0.3 is 0 Å². The van der Waals surface area contributed by atoms with E-state index < -0.39 is 0 Å². The number of aryl methyl sites for hydroxylation is 2. The van der Waals surface area contributed by atoms with Crippen LogP contribution >= 0.6 is 22.7 Å². The van der Waals surface area contributed by atoms with Crippen LogP contribution in [0.4, 0.5) is 0 Å². The van der Waals surface area contributed by atoms with Gasteiger partial charge in [0.25, 0.3) is 0 Å². The summed E-state index contributed by atoms with van der Waals surface area (Å²) in [4.78, 5) is 11.0. The van der Waals surface area contributed by atoms with Crippen LogP contribution in [-0.4, -0.2) is 9.97 Å². The van der Waals surface area contributed by atoms with Crippen molar-refractivity contribution in [2.75, 3.05) is 0 Å². The zero-order chi connectivity index (χ0) is 9.97. The maximum Gasteiger partial charge on any atom is 0.116 e. The number of aromatic nitrogens is 2. The van der Waals surface area contributed by atoms with Crippen LogP contribution in [0, 0.1) is 13.8 Å². The van der Waals surface area contributed by atoms with Gasteiger partial charge in [-0.05, 0) is 26.0 Å². The minimum atomic E-state index is 1.04. The lowest BCUT2D eigenvalue weighted by Gasteiger charge is -1.81. The highest BCUT2D eigenvalue weighted by atomic mass is 32.1. The first-order valence-electron chi connectivity index (χ1n) is 4.27. The first kappa shape index (κ1) is 9.55. The first-order chi connectivity index (χ1) is 6.74. The lowest BCUT2D eigenvalue weighted by atomic mass is 10.5. The highest BCUT2D eigenvalue weighted by Gasteiger charge is 1.95. The van der Waals surface area contributed by atoms with Crippen LogP contribution in [0.2, 0.25) is 0 Å². The summed E-state index contributed by atoms with van der Waals surface area (Å²) in [5.74, 6) is 0. The maximum atomic E-state index is 4.25. The summed E-state index contributed by atoms with van der Waals surface area (Å²) in [5.41, 5.74) is 0. The van der Waals surface area contributed by atoms with Gasteiger partial charge in [-0.2, -0.15) is 0 Å². The van der Waals surface area contributed by atoms with Crippen molar-refractivity contribution in [3.05, 3.63) is 32.2 Å². The molecule has 0 N–H and O–H groups in total. The van der Waals surface area contributed by atoms with E-state index in [0.29, 0.717) is 0 Å². The van der Waals surface area contributed by atoms with Gasteiger partial charge in [0.05, 0.1) is 0 Å². The first-order valence-corrected chi connectivity index (χ1v) is 5.90. The topological polar surface area (TPSA) is 25.8 Å². The number of nitrogens with zero attached hydrogens (tertiary/aromatic N) is 2. The van der Waals surface area contributed by atoms with Crippen molar-refractivity contribution in [3.8, 4) is 0 Å². The summed E-state index contributed by atoms with van der Waals surface area (Å²) >= 11 is 3.39. The largest absolute Gasteiger partial charge is 0.245 e. The summed E-state index contributed by atoms with van der Waals surface area (Å²) in [6.45, 7) is 4.12. The lowest BCUT2D eigenvalue weighted by molar-refractivity contribution is 1.35. The molecule has 0 saturated heterocycles. The predicted molar refractivity (Wildman–Crippen MR) is 62.6 cm³/mol. The molecule has 0 fully saturated rings. The summed E-state index contributed by atoms with van der Waals surface area (Å²) in [5, 5.41) is 2.07. The Morgan fingerprint density at radius 2 is 1.36 bits per heavy atom. The molecule has 0 amide bonds. The molecule has 0 aliphatic carbocycles. The molecule has 72 valence electrons. The Morgan fingerprint density at radius 3 is 1.64 bits per heavy atom. The second kappa shape index (κ2) is 4.02. The van der Waals surface area contributed by atoms with E-state index in [2.05, 4.69) is 23.8 Å². The molecule has 0 saturated carbocycles. The summed E-state index contributed by atoms with van der Waals surface area (Å²) in [7, 11) is 0. The van der Waals surface area contributed by atoms with Crippen LogP contribution in [0.3, 0.4) is 0 Å². The minimum absolute atomic E-state index is 1.04. The van der Waals surface area contributed by atoms with E-state index in [1.54, 1.807) is 22.7 Å². The van der Waals surface area contributed by atoms with Crippen LogP contribution in [0.15, 0.2) is 12.4 Å². The van der Waals surface area contributed by atoms with E-state index in [-0.39, 0.29) is 0 Å². The van der Waals surface area contributed by atoms with Crippen molar-refractivity contribution in [2.45, 2.75) is 13.8 Å². The fraction of sp³-hybridized carbons (Fsp3) is 0.200. The van der Waals surface area contributed by atoms with E-state index in [9.17, 15) is 0 Å². The second-order valence-corrected chi connectivity index (χ2v) is 5.48. The molecule has 2 nitrogen and oxygen atoms in total. The van der Waals surface area contributed by atoms with Crippen molar-refractivity contribution >= 4 is 34.8 Å². The molecule has 0 spiro atoms. The van der Waals surface area contributed by atoms with Gasteiger partial charge >= 0.3 is 0 Å². The van der Waals surface area contributed by atoms with Gasteiger partial charge in [-0.3, -0.25) is 0 Å². The van der Waals surface area contributed by atoms with Crippen molar-refractivity contribution in [1.82, 2.24) is 9.97 Å². The fourth-order valence-electron chi connectivity index (χ4n) is 1.04. The van der Waals surface area contributed by atoms with Gasteiger partial charge in [-0.15, -0.1) is 22.7 Å². The molecule has 14 heavy (non-hydrogen) atoms. The molecule has 0 unspecified atom stereocenters. The van der Waals surface area contributed by atoms with Crippen molar-refractivity contribution in [3.63, 3.8) is 0 Å². The third-order valence-electron chi connectivity index (χ3n) is 1.65. The molecule has 0 atom stereocenters. The summed E-state index contributed by atoms with van der Waals surface area (Å²) in [6.07, 6.45) is 7.79. The molecular weight excluding hydrogens is 212 g/mol. The average molecular weight is 222 g/mol. The van der Waals surface area contributed by atoms with E-state index in [1.807, 2.05) is 24.5 Å². The molecule has 0 bridgehead atoms. The van der Waals surface area contributed by atoms with Crippen molar-refractivity contribution in [2.24, 2.45) is 0 Å². The van der Waals surface area contributed by atoms with Gasteiger partial charge in [0.1, 0.15) is 10.0 Å². The predicted octanol–water partition coefficient (Wildman–Crippen LogP) is 3.39. The highest BCUT2D eigenvalue weighted by Crippen LogP contribution is 2.17. The Labute approximate surface area is 91.0 Å². The number of hydrogen-bond acceptors (Lipinski definition) is 4. The molecule has 0 radical (unpaired) electrons. The van der Waals surface area contributed by atoms with E-state index in [4.69, 9.17) is 0 Å². The zero-order valence-corrected chi connectivity index (χ0v) is 9.65. The Hall–Kier alpha value is -1.00. The van der Waals surface area contributed by atoms with Gasteiger partial charge in [-0.25, -0.2) is 9.97 Å². The third-order valence-corrected chi connectivity index (χ3v) is 3.40. The van der Waals surface area contributed by atoms with Crippen molar-refractivity contribution < 1.29 is 0 Å². The van der Waals surface area contributed by atoms with Crippen LogP contribution < -0.4 is 0 Å². The Morgan fingerprint density at radius 1 is 0.929 bits per heavy atom. The van der Waals surface area contributed by atoms with Crippen LogP contribution in [0.1, 0.15) is 19.8 Å². The number of rotatable bonds is 2. The second-order valence-electron chi connectivity index (χ2n) is 2.95. The van der Waals surface area contributed by atoms with Gasteiger partial charge in [0.2, 0.25) is 0 Å². The third kappa shape index (κ3) is 2.27. The molecule has 4 heteroatoms. The monoisotopic (exact) mass is 222 g/mol. The average Bonchev–Trinajstić information content (AvgIpc) is 2.72. The molecule has 0 aliphatic heterocycles. The van der Waals surface area contributed by atoms with E-state index >= 15 is 0 Å². The molecule has 0 aromatic carbocycles. The molecular formula is C10H10N2S2. The maximum absolute atomic E-state index is 4.25. The van der Waals surface area contributed by atoms with Gasteiger partial charge in [-0.1, -0.05) is 0 Å². The molecule has 2 aromatic heterocycles. The molecule has 0 aliphatic rings. The van der Waals surface area contributed by atoms with E-state index in [1.165, 1.54) is 9.75 Å². The van der Waals surface area contributed by atoms with Gasteiger partial charge in [0, 0.05) is 22.1 Å².